The molecule has 0 fully saturated rings. The van der Waals surface area contributed by atoms with Gasteiger partial charge >= 0.3 is 5.97 Å². The van der Waals surface area contributed by atoms with Crippen molar-refractivity contribution in [1.29, 1.82) is 0 Å². The number of nitrogens with zero attached hydrogens (tertiary/aromatic N) is 3. The van der Waals surface area contributed by atoms with E-state index in [1.54, 1.807) is 23.0 Å². The first kappa shape index (κ1) is 16.2. The number of carboxylic acids is 1. The number of aryl methyl sites for hydroxylation is 1. The molecule has 0 bridgehead atoms. The fraction of sp³-hybridized carbons (Fsp3) is 0.375. The smallest absolute Gasteiger partial charge is 0.303 e. The van der Waals surface area contributed by atoms with E-state index in [4.69, 9.17) is 5.11 Å². The highest BCUT2D eigenvalue weighted by Crippen LogP contribution is 2.11. The van der Waals surface area contributed by atoms with Crippen LogP contribution in [-0.4, -0.2) is 32.3 Å². The van der Waals surface area contributed by atoms with Crippen LogP contribution in [0.25, 0.3) is 0 Å². The second-order valence-corrected chi connectivity index (χ2v) is 5.36. The first-order chi connectivity index (χ1) is 10.5. The fourth-order valence-electron chi connectivity index (χ4n) is 2.33. The summed E-state index contributed by atoms with van der Waals surface area (Å²) in [6, 6.07) is 6.38. The van der Waals surface area contributed by atoms with Gasteiger partial charge in [0.1, 0.15) is 5.82 Å². The molecule has 0 amide bonds. The average molecular weight is 305 g/mol. The molecule has 2 rings (SSSR count). The van der Waals surface area contributed by atoms with Gasteiger partial charge in [0.15, 0.2) is 0 Å². The van der Waals surface area contributed by atoms with Crippen molar-refractivity contribution in [2.24, 2.45) is 7.05 Å². The minimum absolute atomic E-state index is 0.146. The normalized spacial score (nSPS) is 11.0. The lowest BCUT2D eigenvalue weighted by Gasteiger charge is -2.21. The molecule has 0 spiro atoms. The number of aromatic nitrogens is 2. The third kappa shape index (κ3) is 5.29. The Kier molecular flexibility index (Phi) is 5.66. The molecule has 0 saturated carbocycles. The SMILES string of the molecule is Cn1cc(CN(CCCC(=O)O)Cc2ccc(F)cc2)cn1. The quantitative estimate of drug-likeness (QED) is 0.814. The minimum atomic E-state index is -0.789. The van der Waals surface area contributed by atoms with Crippen LogP contribution in [0.1, 0.15) is 24.0 Å². The summed E-state index contributed by atoms with van der Waals surface area (Å²) in [6.45, 7) is 2.00. The summed E-state index contributed by atoms with van der Waals surface area (Å²) in [4.78, 5) is 12.8. The summed E-state index contributed by atoms with van der Waals surface area (Å²) in [5, 5.41) is 12.9. The van der Waals surface area contributed by atoms with Crippen LogP contribution >= 0.6 is 0 Å². The van der Waals surface area contributed by atoms with Crippen molar-refractivity contribution in [1.82, 2.24) is 14.7 Å². The molecule has 0 radical (unpaired) electrons. The van der Waals surface area contributed by atoms with Crippen molar-refractivity contribution in [2.45, 2.75) is 25.9 Å². The van der Waals surface area contributed by atoms with Crippen LogP contribution in [0, 0.1) is 5.82 Å². The Morgan fingerprint density at radius 3 is 2.55 bits per heavy atom. The maximum Gasteiger partial charge on any atom is 0.303 e. The van der Waals surface area contributed by atoms with Crippen LogP contribution in [0.2, 0.25) is 0 Å². The highest BCUT2D eigenvalue weighted by molar-refractivity contribution is 5.66. The second-order valence-electron chi connectivity index (χ2n) is 5.36. The molecule has 0 saturated heterocycles. The van der Waals surface area contributed by atoms with E-state index < -0.39 is 5.97 Å². The van der Waals surface area contributed by atoms with Gasteiger partial charge in [-0.3, -0.25) is 14.4 Å². The number of hydrogen-bond donors (Lipinski definition) is 1. The van der Waals surface area contributed by atoms with Crippen molar-refractivity contribution >= 4 is 5.97 Å². The highest BCUT2D eigenvalue weighted by Gasteiger charge is 2.10. The van der Waals surface area contributed by atoms with E-state index >= 15 is 0 Å². The van der Waals surface area contributed by atoms with Crippen LogP contribution in [0.4, 0.5) is 4.39 Å². The van der Waals surface area contributed by atoms with Gasteiger partial charge in [-0.05, 0) is 30.7 Å². The van der Waals surface area contributed by atoms with Crippen molar-refractivity contribution in [2.75, 3.05) is 6.54 Å². The molecule has 0 unspecified atom stereocenters. The lowest BCUT2D eigenvalue weighted by atomic mass is 10.2. The molecule has 0 atom stereocenters. The predicted molar refractivity (Wildman–Crippen MR) is 80.6 cm³/mol. The summed E-state index contributed by atoms with van der Waals surface area (Å²) in [6.07, 6.45) is 4.47. The van der Waals surface area contributed by atoms with E-state index in [0.717, 1.165) is 11.1 Å². The molecule has 0 aliphatic heterocycles. The first-order valence-electron chi connectivity index (χ1n) is 7.19. The van der Waals surface area contributed by atoms with Crippen LogP contribution < -0.4 is 0 Å². The van der Waals surface area contributed by atoms with E-state index in [1.165, 1.54) is 12.1 Å². The molecule has 2 aromatic rings. The summed E-state index contributed by atoms with van der Waals surface area (Å²) >= 11 is 0. The zero-order chi connectivity index (χ0) is 15.9. The molecule has 1 aromatic carbocycles. The van der Waals surface area contributed by atoms with E-state index in [2.05, 4.69) is 10.00 Å². The standard InChI is InChI=1S/C16H20FN3O2/c1-19-10-14(9-18-19)12-20(8-2-3-16(21)22)11-13-4-6-15(17)7-5-13/h4-7,9-10H,2-3,8,11-12H2,1H3,(H,21,22). The number of carboxylic acid groups (broad SMARTS) is 1. The zero-order valence-corrected chi connectivity index (χ0v) is 12.6. The maximum absolute atomic E-state index is 13.0. The molecule has 1 heterocycles. The van der Waals surface area contributed by atoms with E-state index in [1.807, 2.05) is 13.2 Å². The fourth-order valence-corrected chi connectivity index (χ4v) is 2.33. The van der Waals surface area contributed by atoms with Crippen LogP contribution in [0.3, 0.4) is 0 Å². The van der Waals surface area contributed by atoms with Gasteiger partial charge in [0, 0.05) is 38.3 Å². The average Bonchev–Trinajstić information content (AvgIpc) is 2.86. The molecule has 0 aliphatic rings. The van der Waals surface area contributed by atoms with Crippen LogP contribution in [0.5, 0.6) is 0 Å². The lowest BCUT2D eigenvalue weighted by Crippen LogP contribution is -2.24. The molecular formula is C16H20FN3O2. The predicted octanol–water partition coefficient (Wildman–Crippen LogP) is 2.43. The van der Waals surface area contributed by atoms with Gasteiger partial charge in [-0.2, -0.15) is 5.10 Å². The van der Waals surface area contributed by atoms with Gasteiger partial charge < -0.3 is 5.11 Å². The van der Waals surface area contributed by atoms with Gasteiger partial charge in [0.05, 0.1) is 6.20 Å². The summed E-state index contributed by atoms with van der Waals surface area (Å²) < 4.78 is 14.7. The number of carbonyl (C=O) groups is 1. The Hall–Kier alpha value is -2.21. The molecular weight excluding hydrogens is 285 g/mol. The first-order valence-corrected chi connectivity index (χ1v) is 7.19. The topological polar surface area (TPSA) is 58.4 Å². The Labute approximate surface area is 129 Å². The number of halogens is 1. The Bertz CT molecular complexity index is 610. The number of hydrogen-bond acceptors (Lipinski definition) is 3. The van der Waals surface area contributed by atoms with E-state index in [0.29, 0.717) is 26.1 Å². The van der Waals surface area contributed by atoms with Gasteiger partial charge in [-0.15, -0.1) is 0 Å². The zero-order valence-electron chi connectivity index (χ0n) is 12.6. The lowest BCUT2D eigenvalue weighted by molar-refractivity contribution is -0.137. The summed E-state index contributed by atoms with van der Waals surface area (Å²) in [7, 11) is 1.86. The maximum atomic E-state index is 13.0. The Morgan fingerprint density at radius 2 is 1.95 bits per heavy atom. The molecule has 118 valence electrons. The third-order valence-corrected chi connectivity index (χ3v) is 3.35. The largest absolute Gasteiger partial charge is 0.481 e. The van der Waals surface area contributed by atoms with Crippen molar-refractivity contribution in [3.63, 3.8) is 0 Å². The Morgan fingerprint density at radius 1 is 1.27 bits per heavy atom. The molecule has 1 N–H and O–H groups in total. The Balaban J connectivity index is 1.99. The van der Waals surface area contributed by atoms with Crippen LogP contribution in [0.15, 0.2) is 36.7 Å². The number of rotatable bonds is 8. The van der Waals surface area contributed by atoms with Gasteiger partial charge in [-0.1, -0.05) is 12.1 Å². The molecule has 6 heteroatoms. The van der Waals surface area contributed by atoms with Crippen molar-refractivity contribution in [3.8, 4) is 0 Å². The molecule has 5 nitrogen and oxygen atoms in total. The monoisotopic (exact) mass is 305 g/mol. The number of benzene rings is 1. The van der Waals surface area contributed by atoms with Gasteiger partial charge in [0.2, 0.25) is 0 Å². The molecule has 1 aromatic heterocycles. The summed E-state index contributed by atoms with van der Waals surface area (Å²) in [5.41, 5.74) is 2.07. The second kappa shape index (κ2) is 7.70. The molecule has 0 aliphatic carbocycles. The molecule has 22 heavy (non-hydrogen) atoms. The van der Waals surface area contributed by atoms with E-state index in [-0.39, 0.29) is 12.2 Å². The van der Waals surface area contributed by atoms with Crippen molar-refractivity contribution in [3.05, 3.63) is 53.6 Å². The van der Waals surface area contributed by atoms with Crippen molar-refractivity contribution < 1.29 is 14.3 Å². The minimum Gasteiger partial charge on any atom is -0.481 e. The highest BCUT2D eigenvalue weighted by atomic mass is 19.1. The van der Waals surface area contributed by atoms with Gasteiger partial charge in [-0.25, -0.2) is 4.39 Å². The third-order valence-electron chi connectivity index (χ3n) is 3.35. The van der Waals surface area contributed by atoms with Gasteiger partial charge in [0.25, 0.3) is 0 Å². The van der Waals surface area contributed by atoms with E-state index in [9.17, 15) is 9.18 Å². The summed E-state index contributed by atoms with van der Waals surface area (Å²) in [5.74, 6) is -1.04. The number of aliphatic carboxylic acids is 1. The van der Waals surface area contributed by atoms with Crippen LogP contribution in [-0.2, 0) is 24.9 Å².